The van der Waals surface area contributed by atoms with Gasteiger partial charge in [-0.05, 0) is 46.0 Å². The summed E-state index contributed by atoms with van der Waals surface area (Å²) in [5.41, 5.74) is 1.01. The first kappa shape index (κ1) is 14.0. The SMILES string of the molecule is CC(C)C1CCOC(c2ccc(F)c(Br)c2)CN1. The summed E-state index contributed by atoms with van der Waals surface area (Å²) in [6.07, 6.45) is 1.03. The first-order chi connectivity index (χ1) is 8.58. The molecule has 0 aliphatic carbocycles. The molecule has 2 rings (SSSR count). The maximum Gasteiger partial charge on any atom is 0.137 e. The van der Waals surface area contributed by atoms with E-state index in [1.165, 1.54) is 6.07 Å². The Morgan fingerprint density at radius 3 is 2.89 bits per heavy atom. The molecular weight excluding hydrogens is 297 g/mol. The Morgan fingerprint density at radius 1 is 1.44 bits per heavy atom. The van der Waals surface area contributed by atoms with Crippen LogP contribution >= 0.6 is 15.9 Å². The van der Waals surface area contributed by atoms with Crippen molar-refractivity contribution in [3.8, 4) is 0 Å². The first-order valence-electron chi connectivity index (χ1n) is 6.38. The van der Waals surface area contributed by atoms with Crippen molar-refractivity contribution in [2.24, 2.45) is 5.92 Å². The van der Waals surface area contributed by atoms with Gasteiger partial charge in [0.25, 0.3) is 0 Å². The molecule has 0 spiro atoms. The molecule has 1 saturated heterocycles. The van der Waals surface area contributed by atoms with Gasteiger partial charge in [0.15, 0.2) is 0 Å². The lowest BCUT2D eigenvalue weighted by Crippen LogP contribution is -2.34. The third-order valence-electron chi connectivity index (χ3n) is 3.43. The highest BCUT2D eigenvalue weighted by Gasteiger charge is 2.22. The van der Waals surface area contributed by atoms with Crippen LogP contribution in [0, 0.1) is 11.7 Å². The quantitative estimate of drug-likeness (QED) is 0.899. The molecule has 1 aliphatic rings. The molecule has 0 bridgehead atoms. The zero-order valence-electron chi connectivity index (χ0n) is 10.7. The van der Waals surface area contributed by atoms with Crippen molar-refractivity contribution in [1.29, 1.82) is 0 Å². The van der Waals surface area contributed by atoms with Gasteiger partial charge >= 0.3 is 0 Å². The Bertz CT molecular complexity index is 411. The van der Waals surface area contributed by atoms with Crippen molar-refractivity contribution in [2.45, 2.75) is 32.4 Å². The van der Waals surface area contributed by atoms with Crippen LogP contribution in [0.15, 0.2) is 22.7 Å². The summed E-state index contributed by atoms with van der Waals surface area (Å²) >= 11 is 3.22. The second kappa shape index (κ2) is 6.13. The molecule has 0 aromatic heterocycles. The van der Waals surface area contributed by atoms with E-state index in [0.717, 1.165) is 25.1 Å². The van der Waals surface area contributed by atoms with Crippen LogP contribution in [0.1, 0.15) is 31.9 Å². The molecule has 1 aromatic carbocycles. The summed E-state index contributed by atoms with van der Waals surface area (Å²) in [5.74, 6) is 0.368. The molecule has 18 heavy (non-hydrogen) atoms. The molecule has 0 radical (unpaired) electrons. The lowest BCUT2D eigenvalue weighted by Gasteiger charge is -2.20. The van der Waals surface area contributed by atoms with Crippen molar-refractivity contribution in [1.82, 2.24) is 5.32 Å². The van der Waals surface area contributed by atoms with E-state index in [1.54, 1.807) is 12.1 Å². The number of hydrogen-bond donors (Lipinski definition) is 1. The normalized spacial score (nSPS) is 25.2. The fourth-order valence-electron chi connectivity index (χ4n) is 2.25. The zero-order chi connectivity index (χ0) is 13.1. The summed E-state index contributed by atoms with van der Waals surface area (Å²) in [6, 6.07) is 5.58. The van der Waals surface area contributed by atoms with Crippen molar-refractivity contribution in [3.63, 3.8) is 0 Å². The minimum absolute atomic E-state index is 0.00523. The van der Waals surface area contributed by atoms with Gasteiger partial charge in [-0.15, -0.1) is 0 Å². The minimum atomic E-state index is -0.236. The molecule has 0 amide bonds. The van der Waals surface area contributed by atoms with Crippen LogP contribution in [0.2, 0.25) is 0 Å². The van der Waals surface area contributed by atoms with E-state index in [4.69, 9.17) is 4.74 Å². The van der Waals surface area contributed by atoms with Gasteiger partial charge in [0.1, 0.15) is 5.82 Å². The third kappa shape index (κ3) is 3.31. The summed E-state index contributed by atoms with van der Waals surface area (Å²) in [6.45, 7) is 5.95. The maximum atomic E-state index is 13.2. The molecule has 2 unspecified atom stereocenters. The van der Waals surface area contributed by atoms with Crippen LogP contribution in [-0.4, -0.2) is 19.2 Å². The average Bonchev–Trinajstić information content (AvgIpc) is 2.58. The van der Waals surface area contributed by atoms with Gasteiger partial charge < -0.3 is 10.1 Å². The van der Waals surface area contributed by atoms with Crippen molar-refractivity contribution < 1.29 is 9.13 Å². The molecule has 0 saturated carbocycles. The van der Waals surface area contributed by atoms with Gasteiger partial charge in [-0.2, -0.15) is 0 Å². The van der Waals surface area contributed by atoms with Crippen LogP contribution in [0.3, 0.4) is 0 Å². The van der Waals surface area contributed by atoms with E-state index in [-0.39, 0.29) is 11.9 Å². The van der Waals surface area contributed by atoms with Crippen LogP contribution in [0.4, 0.5) is 4.39 Å². The van der Waals surface area contributed by atoms with E-state index >= 15 is 0 Å². The summed E-state index contributed by atoms with van der Waals surface area (Å²) in [4.78, 5) is 0. The molecule has 1 N–H and O–H groups in total. The van der Waals surface area contributed by atoms with Crippen LogP contribution in [0.25, 0.3) is 0 Å². The Balaban J connectivity index is 2.07. The fourth-order valence-corrected chi connectivity index (χ4v) is 2.65. The van der Waals surface area contributed by atoms with E-state index < -0.39 is 0 Å². The second-order valence-corrected chi connectivity index (χ2v) is 5.93. The van der Waals surface area contributed by atoms with E-state index in [2.05, 4.69) is 35.1 Å². The monoisotopic (exact) mass is 315 g/mol. The smallest absolute Gasteiger partial charge is 0.137 e. The van der Waals surface area contributed by atoms with Gasteiger partial charge in [-0.1, -0.05) is 19.9 Å². The lowest BCUT2D eigenvalue weighted by molar-refractivity contribution is 0.0660. The van der Waals surface area contributed by atoms with Crippen molar-refractivity contribution >= 4 is 15.9 Å². The Kier molecular flexibility index (Phi) is 4.76. The maximum absolute atomic E-state index is 13.2. The molecule has 2 nitrogen and oxygen atoms in total. The van der Waals surface area contributed by atoms with Crippen molar-refractivity contribution in [2.75, 3.05) is 13.2 Å². The number of halogens is 2. The van der Waals surface area contributed by atoms with E-state index in [0.29, 0.717) is 16.4 Å². The largest absolute Gasteiger partial charge is 0.372 e. The topological polar surface area (TPSA) is 21.3 Å². The number of benzene rings is 1. The summed E-state index contributed by atoms with van der Waals surface area (Å²) < 4.78 is 19.6. The Labute approximate surface area is 116 Å². The lowest BCUT2D eigenvalue weighted by atomic mass is 10.0. The minimum Gasteiger partial charge on any atom is -0.372 e. The molecule has 2 atom stereocenters. The molecular formula is C14H19BrFNO. The zero-order valence-corrected chi connectivity index (χ0v) is 12.3. The number of rotatable bonds is 2. The van der Waals surface area contributed by atoms with E-state index in [9.17, 15) is 4.39 Å². The Hall–Kier alpha value is -0.450. The van der Waals surface area contributed by atoms with Crippen LogP contribution in [-0.2, 0) is 4.74 Å². The number of hydrogen-bond acceptors (Lipinski definition) is 2. The average molecular weight is 316 g/mol. The van der Waals surface area contributed by atoms with Gasteiger partial charge in [0.2, 0.25) is 0 Å². The highest BCUT2D eigenvalue weighted by molar-refractivity contribution is 9.10. The standard InChI is InChI=1S/C14H19BrFNO/c1-9(2)13-5-6-18-14(8-17-13)10-3-4-12(16)11(15)7-10/h3-4,7,9,13-14,17H,5-6,8H2,1-2H3. The number of nitrogens with one attached hydrogen (secondary N) is 1. The molecule has 4 heteroatoms. The predicted molar refractivity (Wildman–Crippen MR) is 74.0 cm³/mol. The molecule has 1 heterocycles. The van der Waals surface area contributed by atoms with E-state index in [1.807, 2.05) is 0 Å². The molecule has 100 valence electrons. The van der Waals surface area contributed by atoms with Crippen LogP contribution in [0.5, 0.6) is 0 Å². The van der Waals surface area contributed by atoms with Gasteiger partial charge in [-0.25, -0.2) is 4.39 Å². The second-order valence-electron chi connectivity index (χ2n) is 5.08. The molecule has 1 aromatic rings. The highest BCUT2D eigenvalue weighted by Crippen LogP contribution is 2.25. The summed E-state index contributed by atoms with van der Waals surface area (Å²) in [7, 11) is 0. The highest BCUT2D eigenvalue weighted by atomic mass is 79.9. The van der Waals surface area contributed by atoms with Crippen molar-refractivity contribution in [3.05, 3.63) is 34.1 Å². The van der Waals surface area contributed by atoms with Crippen LogP contribution < -0.4 is 5.32 Å². The third-order valence-corrected chi connectivity index (χ3v) is 4.04. The molecule has 1 aliphatic heterocycles. The van der Waals surface area contributed by atoms with Gasteiger partial charge in [-0.3, -0.25) is 0 Å². The first-order valence-corrected chi connectivity index (χ1v) is 7.17. The van der Waals surface area contributed by atoms with Gasteiger partial charge in [0.05, 0.1) is 10.6 Å². The predicted octanol–water partition coefficient (Wildman–Crippen LogP) is 3.66. The summed E-state index contributed by atoms with van der Waals surface area (Å²) in [5, 5.41) is 3.53. The fraction of sp³-hybridized carbons (Fsp3) is 0.571. The number of ether oxygens (including phenoxy) is 1. The molecule has 1 fully saturated rings. The van der Waals surface area contributed by atoms with Gasteiger partial charge in [0, 0.05) is 19.2 Å². The Morgan fingerprint density at radius 2 is 2.22 bits per heavy atom.